The summed E-state index contributed by atoms with van der Waals surface area (Å²) < 4.78 is 15.1. The summed E-state index contributed by atoms with van der Waals surface area (Å²) in [6.07, 6.45) is 0. The monoisotopic (exact) mass is 240 g/mol. The van der Waals surface area contributed by atoms with Crippen molar-refractivity contribution in [2.45, 2.75) is 13.8 Å². The summed E-state index contributed by atoms with van der Waals surface area (Å²) in [5.74, 6) is 0.0732. The van der Waals surface area contributed by atoms with E-state index in [0.29, 0.717) is 12.4 Å². The van der Waals surface area contributed by atoms with Gasteiger partial charge in [0.2, 0.25) is 5.75 Å². The van der Waals surface area contributed by atoms with Crippen LogP contribution >= 0.6 is 0 Å². The summed E-state index contributed by atoms with van der Waals surface area (Å²) >= 11 is 0. The third kappa shape index (κ3) is 3.27. The number of carbonyl (C=O) groups excluding carboxylic acids is 1. The molecule has 0 spiro atoms. The Labute approximate surface area is 99.9 Å². The Hall–Kier alpha value is -1.91. The predicted octanol–water partition coefficient (Wildman–Crippen LogP) is 1.65. The van der Waals surface area contributed by atoms with E-state index in [2.05, 4.69) is 0 Å². The Morgan fingerprint density at radius 2 is 2.06 bits per heavy atom. The second-order valence-electron chi connectivity index (χ2n) is 3.36. The van der Waals surface area contributed by atoms with Gasteiger partial charge in [0.25, 0.3) is 0 Å². The molecule has 0 saturated heterocycles. The maximum atomic E-state index is 11.2. The molecule has 0 aliphatic carbocycles. The second-order valence-corrected chi connectivity index (χ2v) is 3.36. The molecule has 0 radical (unpaired) electrons. The summed E-state index contributed by atoms with van der Waals surface area (Å²) in [7, 11) is 1.42. The van der Waals surface area contributed by atoms with Gasteiger partial charge < -0.3 is 19.3 Å². The van der Waals surface area contributed by atoms with Crippen molar-refractivity contribution in [2.24, 2.45) is 0 Å². The molecule has 1 aromatic rings. The van der Waals surface area contributed by atoms with Crippen LogP contribution in [0.15, 0.2) is 12.1 Å². The molecule has 0 saturated carbocycles. The summed E-state index contributed by atoms with van der Waals surface area (Å²) in [4.78, 5) is 11.2. The fraction of sp³-hybridized carbons (Fsp3) is 0.417. The van der Waals surface area contributed by atoms with Crippen molar-refractivity contribution in [1.82, 2.24) is 0 Å². The first-order chi connectivity index (χ1) is 8.10. The van der Waals surface area contributed by atoms with Crippen LogP contribution < -0.4 is 9.47 Å². The molecule has 0 aromatic heterocycles. The summed E-state index contributed by atoms with van der Waals surface area (Å²) in [6, 6.07) is 3.18. The quantitative estimate of drug-likeness (QED) is 0.793. The number of carbonyl (C=O) groups is 1. The van der Waals surface area contributed by atoms with Crippen molar-refractivity contribution in [3.05, 3.63) is 17.7 Å². The lowest BCUT2D eigenvalue weighted by Crippen LogP contribution is -2.15. The molecule has 5 nitrogen and oxygen atoms in total. The molecule has 1 rings (SSSR count). The maximum Gasteiger partial charge on any atom is 0.344 e. The lowest BCUT2D eigenvalue weighted by atomic mass is 10.2. The Morgan fingerprint density at radius 1 is 1.35 bits per heavy atom. The first kappa shape index (κ1) is 13.2. The average molecular weight is 240 g/mol. The highest BCUT2D eigenvalue weighted by molar-refractivity contribution is 5.71. The van der Waals surface area contributed by atoms with Crippen molar-refractivity contribution < 1.29 is 24.1 Å². The average Bonchev–Trinajstić information content (AvgIpc) is 2.30. The van der Waals surface area contributed by atoms with Crippen LogP contribution in [0, 0.1) is 6.92 Å². The van der Waals surface area contributed by atoms with Gasteiger partial charge in [-0.3, -0.25) is 0 Å². The Morgan fingerprint density at radius 3 is 2.65 bits per heavy atom. The number of methoxy groups -OCH3 is 1. The van der Waals surface area contributed by atoms with Crippen LogP contribution in [-0.2, 0) is 9.53 Å². The van der Waals surface area contributed by atoms with Gasteiger partial charge in [0.15, 0.2) is 18.1 Å². The number of aromatic hydroxyl groups is 1. The van der Waals surface area contributed by atoms with E-state index < -0.39 is 5.97 Å². The summed E-state index contributed by atoms with van der Waals surface area (Å²) in [6.45, 7) is 3.60. The number of hydrogen-bond acceptors (Lipinski definition) is 5. The highest BCUT2D eigenvalue weighted by atomic mass is 16.6. The smallest absolute Gasteiger partial charge is 0.344 e. The number of esters is 1. The van der Waals surface area contributed by atoms with Crippen molar-refractivity contribution >= 4 is 5.97 Å². The second kappa shape index (κ2) is 5.98. The van der Waals surface area contributed by atoms with E-state index in [0.717, 1.165) is 5.56 Å². The molecular weight excluding hydrogens is 224 g/mol. The number of aryl methyl sites for hydroxylation is 1. The standard InChI is InChI=1S/C12H16O5/c1-4-16-10(14)7-17-11-8(2)5-6-9(13)12(11)15-3/h5-6,13H,4,7H2,1-3H3. The van der Waals surface area contributed by atoms with E-state index in [9.17, 15) is 9.90 Å². The minimum absolute atomic E-state index is 0.0306. The van der Waals surface area contributed by atoms with Crippen molar-refractivity contribution in [3.63, 3.8) is 0 Å². The first-order valence-corrected chi connectivity index (χ1v) is 5.25. The highest BCUT2D eigenvalue weighted by Gasteiger charge is 2.14. The maximum absolute atomic E-state index is 11.2. The molecule has 94 valence electrons. The van der Waals surface area contributed by atoms with Gasteiger partial charge in [-0.15, -0.1) is 0 Å². The van der Waals surface area contributed by atoms with Crippen molar-refractivity contribution in [2.75, 3.05) is 20.3 Å². The lowest BCUT2D eigenvalue weighted by Gasteiger charge is -2.13. The van der Waals surface area contributed by atoms with Crippen LogP contribution in [0.3, 0.4) is 0 Å². The Balaban J connectivity index is 2.82. The number of hydrogen-bond donors (Lipinski definition) is 1. The predicted molar refractivity (Wildman–Crippen MR) is 61.5 cm³/mol. The van der Waals surface area contributed by atoms with E-state index in [1.807, 2.05) is 0 Å². The van der Waals surface area contributed by atoms with E-state index in [1.165, 1.54) is 13.2 Å². The Bertz CT molecular complexity index is 400. The topological polar surface area (TPSA) is 65.0 Å². The van der Waals surface area contributed by atoms with Gasteiger partial charge in [0.1, 0.15) is 0 Å². The molecule has 0 aliphatic heterocycles. The van der Waals surface area contributed by atoms with Crippen LogP contribution in [0.4, 0.5) is 0 Å². The number of phenolic OH excluding ortho intramolecular Hbond substituents is 1. The van der Waals surface area contributed by atoms with Gasteiger partial charge >= 0.3 is 5.97 Å². The highest BCUT2D eigenvalue weighted by Crippen LogP contribution is 2.38. The first-order valence-electron chi connectivity index (χ1n) is 5.25. The largest absolute Gasteiger partial charge is 0.504 e. The minimum atomic E-state index is -0.461. The molecule has 17 heavy (non-hydrogen) atoms. The molecule has 0 amide bonds. The van der Waals surface area contributed by atoms with Gasteiger partial charge in [-0.1, -0.05) is 6.07 Å². The molecule has 5 heteroatoms. The van der Waals surface area contributed by atoms with Gasteiger partial charge in [-0.2, -0.15) is 0 Å². The summed E-state index contributed by atoms with van der Waals surface area (Å²) in [5, 5.41) is 9.56. The van der Waals surface area contributed by atoms with Crippen molar-refractivity contribution in [3.8, 4) is 17.2 Å². The van der Waals surface area contributed by atoms with E-state index in [4.69, 9.17) is 14.2 Å². The molecule has 0 aliphatic rings. The van der Waals surface area contributed by atoms with Gasteiger partial charge in [-0.05, 0) is 25.5 Å². The number of ether oxygens (including phenoxy) is 3. The molecule has 0 heterocycles. The Kier molecular flexibility index (Phi) is 4.63. The van der Waals surface area contributed by atoms with Crippen molar-refractivity contribution in [1.29, 1.82) is 0 Å². The van der Waals surface area contributed by atoms with Crippen LogP contribution in [0.5, 0.6) is 17.2 Å². The van der Waals surface area contributed by atoms with E-state index in [-0.39, 0.29) is 18.1 Å². The van der Waals surface area contributed by atoms with Crippen LogP contribution in [0.1, 0.15) is 12.5 Å². The number of rotatable bonds is 5. The zero-order chi connectivity index (χ0) is 12.8. The number of benzene rings is 1. The van der Waals surface area contributed by atoms with Gasteiger partial charge in [-0.25, -0.2) is 4.79 Å². The van der Waals surface area contributed by atoms with E-state index in [1.54, 1.807) is 19.9 Å². The van der Waals surface area contributed by atoms with Crippen LogP contribution in [0.25, 0.3) is 0 Å². The van der Waals surface area contributed by atoms with Crippen LogP contribution in [-0.4, -0.2) is 31.4 Å². The summed E-state index contributed by atoms with van der Waals surface area (Å²) in [5.41, 5.74) is 0.768. The zero-order valence-electron chi connectivity index (χ0n) is 10.1. The number of phenols is 1. The third-order valence-corrected chi connectivity index (χ3v) is 2.13. The molecule has 1 aromatic carbocycles. The molecule has 0 fully saturated rings. The SMILES string of the molecule is CCOC(=O)COc1c(C)ccc(O)c1OC. The fourth-order valence-electron chi connectivity index (χ4n) is 1.36. The normalized spacial score (nSPS) is 9.82. The van der Waals surface area contributed by atoms with Crippen LogP contribution in [0.2, 0.25) is 0 Å². The molecule has 0 bridgehead atoms. The lowest BCUT2D eigenvalue weighted by molar-refractivity contribution is -0.145. The van der Waals surface area contributed by atoms with Gasteiger partial charge in [0.05, 0.1) is 13.7 Å². The fourth-order valence-corrected chi connectivity index (χ4v) is 1.36. The molecular formula is C12H16O5. The van der Waals surface area contributed by atoms with Gasteiger partial charge in [0, 0.05) is 0 Å². The molecule has 0 atom stereocenters. The molecule has 1 N–H and O–H groups in total. The zero-order valence-corrected chi connectivity index (χ0v) is 10.1. The third-order valence-electron chi connectivity index (χ3n) is 2.13. The minimum Gasteiger partial charge on any atom is -0.504 e. The molecule has 0 unspecified atom stereocenters. The van der Waals surface area contributed by atoms with E-state index >= 15 is 0 Å².